The number of amides is 1. The van der Waals surface area contributed by atoms with Gasteiger partial charge in [0.2, 0.25) is 5.91 Å². The summed E-state index contributed by atoms with van der Waals surface area (Å²) in [5.74, 6) is -1.44. The molecule has 0 radical (unpaired) electrons. The number of nitrogens with one attached hydrogen (secondary N) is 1. The lowest BCUT2D eigenvalue weighted by Crippen LogP contribution is -2.25. The Morgan fingerprint density at radius 3 is 2.70 bits per heavy atom. The van der Waals surface area contributed by atoms with Crippen LogP contribution in [0, 0.1) is 12.8 Å². The molecule has 168 valence electrons. The summed E-state index contributed by atoms with van der Waals surface area (Å²) in [5.41, 5.74) is 3.17. The van der Waals surface area contributed by atoms with Crippen LogP contribution in [-0.4, -0.2) is 28.3 Å². The number of carbonyl (C=O) groups is 2. The molecule has 2 aliphatic rings. The Morgan fingerprint density at radius 2 is 1.91 bits per heavy atom. The second kappa shape index (κ2) is 7.54. The lowest BCUT2D eigenvalue weighted by atomic mass is 10.0. The average molecular weight is 452 g/mol. The number of hydrogen-bond donors (Lipinski definition) is 2. The summed E-state index contributed by atoms with van der Waals surface area (Å²) in [4.78, 5) is 28.3. The minimum atomic E-state index is -3.68. The quantitative estimate of drug-likeness (QED) is 0.576. The summed E-state index contributed by atoms with van der Waals surface area (Å²) in [6.07, 6.45) is -1.50. The fraction of sp³-hybridized carbons (Fsp3) is 0.208. The summed E-state index contributed by atoms with van der Waals surface area (Å²) < 4.78 is 35.4. The number of halogens is 2. The molecule has 1 aromatic heterocycles. The number of fused-ring (bicyclic) bond motifs is 1. The number of anilines is 1. The largest absolute Gasteiger partial charge is 0.586 e. The van der Waals surface area contributed by atoms with Gasteiger partial charge in [0.1, 0.15) is 5.82 Å². The molecule has 2 atom stereocenters. The highest BCUT2D eigenvalue weighted by Gasteiger charge is 2.47. The summed E-state index contributed by atoms with van der Waals surface area (Å²) in [6, 6.07) is 12.8. The zero-order valence-electron chi connectivity index (χ0n) is 17.3. The normalized spacial score (nSPS) is 19.7. The van der Waals surface area contributed by atoms with Crippen molar-refractivity contribution in [3.63, 3.8) is 0 Å². The minimum absolute atomic E-state index is 0.0336. The molecule has 2 unspecified atom stereocenters. The number of carbonyl (C=O) groups excluding carboxylic acids is 1. The third-order valence-corrected chi connectivity index (χ3v) is 5.76. The van der Waals surface area contributed by atoms with Gasteiger partial charge in [-0.05, 0) is 71.8 Å². The SMILES string of the molecule is Cc1cnc(NC(=O)C2CC2c2ccc3c(c2)OC(F)(F)O3)cc1-c1cccc(C(=O)O)c1. The molecule has 5 rings (SSSR count). The van der Waals surface area contributed by atoms with Crippen LogP contribution in [0.15, 0.2) is 54.7 Å². The number of rotatable bonds is 5. The number of carboxylic acids is 1. The molecule has 0 bridgehead atoms. The second-order valence-electron chi connectivity index (χ2n) is 8.08. The van der Waals surface area contributed by atoms with E-state index >= 15 is 0 Å². The van der Waals surface area contributed by atoms with E-state index in [1.165, 1.54) is 18.2 Å². The van der Waals surface area contributed by atoms with Crippen LogP contribution in [0.3, 0.4) is 0 Å². The van der Waals surface area contributed by atoms with Crippen molar-refractivity contribution in [1.29, 1.82) is 0 Å². The van der Waals surface area contributed by atoms with Gasteiger partial charge in [0.05, 0.1) is 5.56 Å². The zero-order valence-corrected chi connectivity index (χ0v) is 17.3. The molecule has 0 spiro atoms. The van der Waals surface area contributed by atoms with Crippen LogP contribution < -0.4 is 14.8 Å². The third-order valence-electron chi connectivity index (χ3n) is 5.76. The first-order valence-electron chi connectivity index (χ1n) is 10.2. The first kappa shape index (κ1) is 20.9. The molecule has 33 heavy (non-hydrogen) atoms. The highest BCUT2D eigenvalue weighted by Crippen LogP contribution is 2.51. The average Bonchev–Trinajstić information content (AvgIpc) is 3.51. The standard InChI is InChI=1S/C24H18F2N2O5/c1-12-11-27-21(10-16(12)13-3-2-4-15(7-13)23(30)31)28-22(29)18-9-17(18)14-5-6-19-20(8-14)33-24(25,26)32-19/h2-8,10-11,17-18H,9H2,1H3,(H,30,31)(H,27,28,29). The molecule has 1 aliphatic heterocycles. The predicted octanol–water partition coefficient (Wildman–Crippen LogP) is 4.82. The maximum atomic E-state index is 13.2. The molecule has 2 heterocycles. The number of nitrogens with zero attached hydrogens (tertiary/aromatic N) is 1. The van der Waals surface area contributed by atoms with Crippen LogP contribution >= 0.6 is 0 Å². The maximum absolute atomic E-state index is 13.2. The molecule has 2 aromatic carbocycles. The zero-order chi connectivity index (χ0) is 23.3. The number of alkyl halides is 2. The Labute approximate surface area is 187 Å². The molecule has 9 heteroatoms. The van der Waals surface area contributed by atoms with Crippen LogP contribution in [0.4, 0.5) is 14.6 Å². The van der Waals surface area contributed by atoms with E-state index in [9.17, 15) is 23.5 Å². The van der Waals surface area contributed by atoms with Crippen LogP contribution in [0.25, 0.3) is 11.1 Å². The van der Waals surface area contributed by atoms with Crippen molar-refractivity contribution >= 4 is 17.7 Å². The van der Waals surface area contributed by atoms with E-state index in [2.05, 4.69) is 19.8 Å². The van der Waals surface area contributed by atoms with E-state index in [-0.39, 0.29) is 34.8 Å². The molecular formula is C24H18F2N2O5. The van der Waals surface area contributed by atoms with E-state index in [1.807, 2.05) is 6.92 Å². The van der Waals surface area contributed by atoms with Gasteiger partial charge in [-0.3, -0.25) is 4.79 Å². The lowest BCUT2D eigenvalue weighted by molar-refractivity contribution is -0.286. The molecule has 1 amide bonds. The van der Waals surface area contributed by atoms with Gasteiger partial charge >= 0.3 is 12.3 Å². The highest BCUT2D eigenvalue weighted by atomic mass is 19.3. The van der Waals surface area contributed by atoms with Crippen LogP contribution in [-0.2, 0) is 4.79 Å². The summed E-state index contributed by atoms with van der Waals surface area (Å²) in [5, 5.41) is 12.0. The monoisotopic (exact) mass is 452 g/mol. The van der Waals surface area contributed by atoms with Gasteiger partial charge in [0, 0.05) is 12.1 Å². The van der Waals surface area contributed by atoms with E-state index in [0.717, 1.165) is 16.7 Å². The number of benzene rings is 2. The summed E-state index contributed by atoms with van der Waals surface area (Å²) >= 11 is 0. The highest BCUT2D eigenvalue weighted by molar-refractivity contribution is 5.95. The van der Waals surface area contributed by atoms with Crippen molar-refractivity contribution in [3.8, 4) is 22.6 Å². The van der Waals surface area contributed by atoms with Crippen molar-refractivity contribution in [3.05, 3.63) is 71.4 Å². The van der Waals surface area contributed by atoms with E-state index in [1.54, 1.807) is 36.5 Å². The number of aryl methyl sites for hydroxylation is 1. The smallest absolute Gasteiger partial charge is 0.478 e. The Morgan fingerprint density at radius 1 is 1.12 bits per heavy atom. The Balaban J connectivity index is 1.30. The number of ether oxygens (including phenoxy) is 2. The number of aromatic carboxylic acids is 1. The van der Waals surface area contributed by atoms with Gasteiger partial charge in [-0.2, -0.15) is 0 Å². The lowest BCUT2D eigenvalue weighted by Gasteiger charge is -2.10. The fourth-order valence-corrected chi connectivity index (χ4v) is 3.99. The number of hydrogen-bond acceptors (Lipinski definition) is 5. The summed E-state index contributed by atoms with van der Waals surface area (Å²) in [7, 11) is 0. The summed E-state index contributed by atoms with van der Waals surface area (Å²) in [6.45, 7) is 1.85. The molecule has 1 fully saturated rings. The topological polar surface area (TPSA) is 97.8 Å². The first-order chi connectivity index (χ1) is 15.7. The molecule has 1 aliphatic carbocycles. The molecule has 1 saturated carbocycles. The van der Waals surface area contributed by atoms with Gasteiger partial charge < -0.3 is 19.9 Å². The van der Waals surface area contributed by atoms with E-state index in [0.29, 0.717) is 17.8 Å². The molecule has 7 nitrogen and oxygen atoms in total. The first-order valence-corrected chi connectivity index (χ1v) is 10.2. The Hall–Kier alpha value is -4.01. The van der Waals surface area contributed by atoms with Crippen LogP contribution in [0.2, 0.25) is 0 Å². The molecule has 3 aromatic rings. The van der Waals surface area contributed by atoms with Gasteiger partial charge in [-0.25, -0.2) is 9.78 Å². The van der Waals surface area contributed by atoms with Gasteiger partial charge in [-0.1, -0.05) is 18.2 Å². The van der Waals surface area contributed by atoms with Crippen molar-refractivity contribution in [2.24, 2.45) is 5.92 Å². The molecule has 2 N–H and O–H groups in total. The van der Waals surface area contributed by atoms with Crippen LogP contribution in [0.5, 0.6) is 11.5 Å². The van der Waals surface area contributed by atoms with Crippen LogP contribution in [0.1, 0.15) is 33.8 Å². The van der Waals surface area contributed by atoms with Crippen molar-refractivity contribution in [1.82, 2.24) is 4.98 Å². The van der Waals surface area contributed by atoms with Gasteiger partial charge in [0.15, 0.2) is 11.5 Å². The minimum Gasteiger partial charge on any atom is -0.478 e. The van der Waals surface area contributed by atoms with Gasteiger partial charge in [0.25, 0.3) is 0 Å². The van der Waals surface area contributed by atoms with Crippen molar-refractivity contribution < 1.29 is 33.0 Å². The second-order valence-corrected chi connectivity index (χ2v) is 8.08. The van der Waals surface area contributed by atoms with Gasteiger partial charge in [-0.15, -0.1) is 8.78 Å². The maximum Gasteiger partial charge on any atom is 0.586 e. The molecular weight excluding hydrogens is 434 g/mol. The van der Waals surface area contributed by atoms with E-state index in [4.69, 9.17) is 0 Å². The fourth-order valence-electron chi connectivity index (χ4n) is 3.99. The van der Waals surface area contributed by atoms with E-state index < -0.39 is 12.3 Å². The predicted molar refractivity (Wildman–Crippen MR) is 113 cm³/mol. The number of aromatic nitrogens is 1. The Bertz CT molecular complexity index is 1290. The number of pyridine rings is 1. The third kappa shape index (κ3) is 4.09. The van der Waals surface area contributed by atoms with Crippen molar-refractivity contribution in [2.75, 3.05) is 5.32 Å². The molecule has 0 saturated heterocycles. The number of carboxylic acid groups (broad SMARTS) is 1. The van der Waals surface area contributed by atoms with Crippen molar-refractivity contribution in [2.45, 2.75) is 25.6 Å². The Kier molecular flexibility index (Phi) is 4.77.